The molecule has 1 heterocycles. The van der Waals surface area contributed by atoms with Crippen LogP contribution in [0.2, 0.25) is 0 Å². The molecule has 0 aromatic carbocycles. The topological polar surface area (TPSA) is 46.9 Å². The van der Waals surface area contributed by atoms with Crippen molar-refractivity contribution in [2.75, 3.05) is 6.54 Å². The van der Waals surface area contributed by atoms with Crippen molar-refractivity contribution in [2.45, 2.75) is 32.1 Å². The number of nitrogens with one attached hydrogen (secondary N) is 1. The van der Waals surface area contributed by atoms with E-state index in [0.717, 1.165) is 12.2 Å². The van der Waals surface area contributed by atoms with Crippen molar-refractivity contribution >= 4 is 12.0 Å². The molecule has 1 aliphatic rings. The predicted molar refractivity (Wildman–Crippen MR) is 71.8 cm³/mol. The third-order valence-corrected chi connectivity index (χ3v) is 3.55. The van der Waals surface area contributed by atoms with Gasteiger partial charge in [0.05, 0.1) is 5.69 Å². The molecule has 18 heavy (non-hydrogen) atoms. The highest BCUT2D eigenvalue weighted by molar-refractivity contribution is 5.91. The summed E-state index contributed by atoms with van der Waals surface area (Å²) in [5.41, 5.74) is 0.933. The average Bonchev–Trinajstić information content (AvgIpc) is 2.81. The monoisotopic (exact) mass is 247 g/mol. The van der Waals surface area contributed by atoms with E-state index in [2.05, 4.69) is 10.4 Å². The summed E-state index contributed by atoms with van der Waals surface area (Å²) in [6.45, 7) is 0.814. The summed E-state index contributed by atoms with van der Waals surface area (Å²) in [5.74, 6) is 0.662. The van der Waals surface area contributed by atoms with Crippen molar-refractivity contribution in [2.24, 2.45) is 13.0 Å². The number of hydrogen-bond donors (Lipinski definition) is 1. The van der Waals surface area contributed by atoms with Crippen molar-refractivity contribution in [1.29, 1.82) is 0 Å². The van der Waals surface area contributed by atoms with Gasteiger partial charge in [-0.25, -0.2) is 0 Å². The maximum absolute atomic E-state index is 11.7. The van der Waals surface area contributed by atoms with Crippen LogP contribution in [-0.2, 0) is 11.8 Å². The van der Waals surface area contributed by atoms with Crippen LogP contribution in [0.5, 0.6) is 0 Å². The third-order valence-electron chi connectivity index (χ3n) is 3.55. The maximum Gasteiger partial charge on any atom is 0.244 e. The Hall–Kier alpha value is -1.58. The van der Waals surface area contributed by atoms with E-state index in [1.54, 1.807) is 23.0 Å². The van der Waals surface area contributed by atoms with Crippen LogP contribution in [0.3, 0.4) is 0 Å². The fraction of sp³-hybridized carbons (Fsp3) is 0.571. The number of amides is 1. The molecule has 1 aromatic heterocycles. The second-order valence-corrected chi connectivity index (χ2v) is 4.96. The van der Waals surface area contributed by atoms with E-state index in [9.17, 15) is 4.79 Å². The minimum absolute atomic E-state index is 0.0122. The zero-order chi connectivity index (χ0) is 12.8. The van der Waals surface area contributed by atoms with Gasteiger partial charge >= 0.3 is 0 Å². The molecule has 1 amide bonds. The summed E-state index contributed by atoms with van der Waals surface area (Å²) >= 11 is 0. The van der Waals surface area contributed by atoms with Gasteiger partial charge in [-0.2, -0.15) is 5.10 Å². The fourth-order valence-electron chi connectivity index (χ4n) is 2.40. The predicted octanol–water partition coefficient (Wildman–Crippen LogP) is 2.13. The lowest BCUT2D eigenvalue weighted by Gasteiger charge is -2.21. The van der Waals surface area contributed by atoms with Gasteiger partial charge in [-0.15, -0.1) is 0 Å². The highest BCUT2D eigenvalue weighted by Crippen LogP contribution is 2.22. The molecule has 2 rings (SSSR count). The van der Waals surface area contributed by atoms with Gasteiger partial charge in [-0.3, -0.25) is 9.48 Å². The summed E-state index contributed by atoms with van der Waals surface area (Å²) in [5, 5.41) is 7.03. The van der Waals surface area contributed by atoms with Gasteiger partial charge in [0, 0.05) is 25.9 Å². The molecule has 0 unspecified atom stereocenters. The van der Waals surface area contributed by atoms with Crippen molar-refractivity contribution in [3.63, 3.8) is 0 Å². The number of aryl methyl sites for hydroxylation is 1. The summed E-state index contributed by atoms with van der Waals surface area (Å²) in [6, 6.07) is 1.88. The molecular formula is C14H21N3O. The number of hydrogen-bond acceptors (Lipinski definition) is 2. The summed E-state index contributed by atoms with van der Waals surface area (Å²) in [4.78, 5) is 11.7. The zero-order valence-corrected chi connectivity index (χ0v) is 10.9. The number of carbonyl (C=O) groups excluding carboxylic acids is 1. The second-order valence-electron chi connectivity index (χ2n) is 4.96. The summed E-state index contributed by atoms with van der Waals surface area (Å²) in [6.07, 6.45) is 11.6. The Morgan fingerprint density at radius 1 is 1.50 bits per heavy atom. The average molecular weight is 247 g/mol. The van der Waals surface area contributed by atoms with Crippen LogP contribution in [0.25, 0.3) is 6.08 Å². The normalized spacial score (nSPS) is 17.2. The van der Waals surface area contributed by atoms with Gasteiger partial charge in [0.2, 0.25) is 5.91 Å². The Morgan fingerprint density at radius 3 is 2.94 bits per heavy atom. The van der Waals surface area contributed by atoms with Crippen molar-refractivity contribution < 1.29 is 4.79 Å². The van der Waals surface area contributed by atoms with E-state index >= 15 is 0 Å². The van der Waals surface area contributed by atoms with Gasteiger partial charge in [0.25, 0.3) is 0 Å². The minimum atomic E-state index is -0.0122. The van der Waals surface area contributed by atoms with E-state index in [1.165, 1.54) is 32.1 Å². The Balaban J connectivity index is 1.75. The lowest BCUT2D eigenvalue weighted by atomic mass is 9.89. The quantitative estimate of drug-likeness (QED) is 0.828. The van der Waals surface area contributed by atoms with Crippen molar-refractivity contribution in [1.82, 2.24) is 15.1 Å². The van der Waals surface area contributed by atoms with Gasteiger partial charge in [-0.05, 0) is 30.9 Å². The van der Waals surface area contributed by atoms with Crippen LogP contribution in [0, 0.1) is 5.92 Å². The Labute approximate surface area is 108 Å². The van der Waals surface area contributed by atoms with E-state index in [-0.39, 0.29) is 5.91 Å². The SMILES string of the molecule is Cn1nccc1C=CC(=O)NCC1CCCCC1. The molecule has 4 heteroatoms. The standard InChI is InChI=1S/C14H21N3O/c1-17-13(9-10-16-17)7-8-14(18)15-11-12-5-3-2-4-6-12/h7-10,12H,2-6,11H2,1H3,(H,15,18). The highest BCUT2D eigenvalue weighted by Gasteiger charge is 2.13. The number of aromatic nitrogens is 2. The second kappa shape index (κ2) is 6.38. The first-order chi connectivity index (χ1) is 8.75. The third kappa shape index (κ3) is 3.72. The number of carbonyl (C=O) groups is 1. The molecule has 98 valence electrons. The highest BCUT2D eigenvalue weighted by atomic mass is 16.1. The van der Waals surface area contributed by atoms with Crippen LogP contribution in [0.1, 0.15) is 37.8 Å². The van der Waals surface area contributed by atoms with E-state index in [4.69, 9.17) is 0 Å². The fourth-order valence-corrected chi connectivity index (χ4v) is 2.40. The van der Waals surface area contributed by atoms with Crippen LogP contribution in [0.4, 0.5) is 0 Å². The molecule has 0 aliphatic heterocycles. The molecule has 1 saturated carbocycles. The van der Waals surface area contributed by atoms with Crippen LogP contribution in [-0.4, -0.2) is 22.2 Å². The van der Waals surface area contributed by atoms with Crippen molar-refractivity contribution in [3.05, 3.63) is 24.0 Å². The lowest BCUT2D eigenvalue weighted by molar-refractivity contribution is -0.116. The lowest BCUT2D eigenvalue weighted by Crippen LogP contribution is -2.28. The van der Waals surface area contributed by atoms with Gasteiger partial charge in [-0.1, -0.05) is 19.3 Å². The molecule has 0 saturated heterocycles. The minimum Gasteiger partial charge on any atom is -0.352 e. The van der Waals surface area contributed by atoms with Gasteiger partial charge in [0.15, 0.2) is 0 Å². The maximum atomic E-state index is 11.7. The summed E-state index contributed by atoms with van der Waals surface area (Å²) < 4.78 is 1.74. The molecule has 0 spiro atoms. The first kappa shape index (κ1) is 12.9. The Bertz CT molecular complexity index is 416. The first-order valence-corrected chi connectivity index (χ1v) is 6.69. The van der Waals surface area contributed by atoms with Gasteiger partial charge in [0.1, 0.15) is 0 Å². The number of nitrogens with zero attached hydrogens (tertiary/aromatic N) is 2. The zero-order valence-electron chi connectivity index (χ0n) is 10.9. The van der Waals surface area contributed by atoms with Gasteiger partial charge < -0.3 is 5.32 Å². The molecule has 1 N–H and O–H groups in total. The smallest absolute Gasteiger partial charge is 0.244 e. The van der Waals surface area contributed by atoms with E-state index in [1.807, 2.05) is 13.1 Å². The molecule has 0 radical (unpaired) electrons. The molecule has 4 nitrogen and oxygen atoms in total. The molecule has 1 aliphatic carbocycles. The molecule has 0 atom stereocenters. The van der Waals surface area contributed by atoms with Crippen LogP contribution < -0.4 is 5.32 Å². The van der Waals surface area contributed by atoms with Crippen LogP contribution in [0.15, 0.2) is 18.3 Å². The first-order valence-electron chi connectivity index (χ1n) is 6.69. The Kier molecular flexibility index (Phi) is 4.56. The van der Waals surface area contributed by atoms with Crippen molar-refractivity contribution in [3.8, 4) is 0 Å². The largest absolute Gasteiger partial charge is 0.352 e. The molecule has 1 fully saturated rings. The van der Waals surface area contributed by atoms with Crippen LogP contribution >= 0.6 is 0 Å². The summed E-state index contributed by atoms with van der Waals surface area (Å²) in [7, 11) is 1.86. The van der Waals surface area contributed by atoms with E-state index < -0.39 is 0 Å². The molecule has 0 bridgehead atoms. The van der Waals surface area contributed by atoms with E-state index in [0.29, 0.717) is 5.92 Å². The number of rotatable bonds is 4. The molecular weight excluding hydrogens is 226 g/mol. The molecule has 1 aromatic rings. The Morgan fingerprint density at radius 2 is 2.28 bits per heavy atom.